The SMILES string of the molecule is C/C=C1\CN(C(=O)OCc2ccccc2)CCC1CC. The van der Waals surface area contributed by atoms with Crippen molar-refractivity contribution in [1.29, 1.82) is 0 Å². The maximum absolute atomic E-state index is 12.1. The summed E-state index contributed by atoms with van der Waals surface area (Å²) in [5.74, 6) is 0.623. The van der Waals surface area contributed by atoms with E-state index < -0.39 is 0 Å². The molecule has 1 heterocycles. The lowest BCUT2D eigenvalue weighted by Crippen LogP contribution is -2.40. The van der Waals surface area contributed by atoms with Gasteiger partial charge in [0.15, 0.2) is 0 Å². The maximum Gasteiger partial charge on any atom is 0.410 e. The zero-order valence-electron chi connectivity index (χ0n) is 12.3. The molecule has 0 N–H and O–H groups in total. The molecule has 3 heteroatoms. The predicted molar refractivity (Wildman–Crippen MR) is 80.4 cm³/mol. The standard InChI is InChI=1S/C17H23NO2/c1-3-15-10-11-18(12-16(15)4-2)17(19)20-13-14-8-6-5-7-9-14/h4-9,15H,3,10-13H2,1-2H3/b16-4+. The molecule has 1 aliphatic rings. The summed E-state index contributed by atoms with van der Waals surface area (Å²) in [5, 5.41) is 0. The number of hydrogen-bond acceptors (Lipinski definition) is 2. The van der Waals surface area contributed by atoms with Gasteiger partial charge in [0.05, 0.1) is 0 Å². The van der Waals surface area contributed by atoms with Crippen LogP contribution in [0.25, 0.3) is 0 Å². The van der Waals surface area contributed by atoms with Gasteiger partial charge in [0.25, 0.3) is 0 Å². The van der Waals surface area contributed by atoms with Gasteiger partial charge in [0.2, 0.25) is 0 Å². The van der Waals surface area contributed by atoms with Crippen molar-refractivity contribution in [2.24, 2.45) is 5.92 Å². The van der Waals surface area contributed by atoms with Gasteiger partial charge < -0.3 is 9.64 Å². The smallest absolute Gasteiger partial charge is 0.410 e. The number of nitrogens with zero attached hydrogens (tertiary/aromatic N) is 1. The molecule has 1 atom stereocenters. The number of carbonyl (C=O) groups is 1. The average molecular weight is 273 g/mol. The van der Waals surface area contributed by atoms with E-state index in [0.29, 0.717) is 19.1 Å². The Labute approximate surface area is 121 Å². The second-order valence-corrected chi connectivity index (χ2v) is 5.22. The van der Waals surface area contributed by atoms with E-state index in [9.17, 15) is 4.79 Å². The highest BCUT2D eigenvalue weighted by atomic mass is 16.6. The summed E-state index contributed by atoms with van der Waals surface area (Å²) in [6.07, 6.45) is 4.12. The van der Waals surface area contributed by atoms with E-state index in [-0.39, 0.29) is 6.09 Å². The maximum atomic E-state index is 12.1. The summed E-state index contributed by atoms with van der Waals surface area (Å²) in [7, 11) is 0. The van der Waals surface area contributed by atoms with E-state index in [1.807, 2.05) is 35.2 Å². The Balaban J connectivity index is 1.87. The van der Waals surface area contributed by atoms with Crippen molar-refractivity contribution in [3.63, 3.8) is 0 Å². The Hall–Kier alpha value is -1.77. The van der Waals surface area contributed by atoms with Crippen molar-refractivity contribution in [3.8, 4) is 0 Å². The fraction of sp³-hybridized carbons (Fsp3) is 0.471. The molecule has 1 unspecified atom stereocenters. The number of benzene rings is 1. The molecule has 20 heavy (non-hydrogen) atoms. The van der Waals surface area contributed by atoms with Crippen molar-refractivity contribution >= 4 is 6.09 Å². The third-order valence-electron chi connectivity index (χ3n) is 3.97. The Morgan fingerprint density at radius 1 is 1.40 bits per heavy atom. The molecule has 0 spiro atoms. The zero-order chi connectivity index (χ0) is 14.4. The van der Waals surface area contributed by atoms with Crippen molar-refractivity contribution in [2.45, 2.75) is 33.3 Å². The van der Waals surface area contributed by atoms with Crippen LogP contribution in [0.1, 0.15) is 32.3 Å². The number of hydrogen-bond donors (Lipinski definition) is 0. The fourth-order valence-corrected chi connectivity index (χ4v) is 2.69. The van der Waals surface area contributed by atoms with Crippen LogP contribution in [0, 0.1) is 5.92 Å². The molecule has 0 saturated carbocycles. The minimum absolute atomic E-state index is 0.206. The third-order valence-corrected chi connectivity index (χ3v) is 3.97. The van der Waals surface area contributed by atoms with E-state index >= 15 is 0 Å². The normalized spacial score (nSPS) is 21.0. The highest BCUT2D eigenvalue weighted by molar-refractivity contribution is 5.68. The molecule has 1 aliphatic heterocycles. The van der Waals surface area contributed by atoms with Gasteiger partial charge >= 0.3 is 6.09 Å². The minimum atomic E-state index is -0.206. The first-order chi connectivity index (χ1) is 9.74. The Kier molecular flexibility index (Phi) is 5.22. The highest BCUT2D eigenvalue weighted by Gasteiger charge is 2.25. The number of ether oxygens (including phenoxy) is 1. The van der Waals surface area contributed by atoms with Crippen LogP contribution in [-0.2, 0) is 11.3 Å². The van der Waals surface area contributed by atoms with Crippen LogP contribution in [0.2, 0.25) is 0 Å². The largest absolute Gasteiger partial charge is 0.445 e. The Morgan fingerprint density at radius 3 is 2.80 bits per heavy atom. The van der Waals surface area contributed by atoms with Gasteiger partial charge in [-0.15, -0.1) is 0 Å². The van der Waals surface area contributed by atoms with Gasteiger partial charge in [0, 0.05) is 13.1 Å². The second-order valence-electron chi connectivity index (χ2n) is 5.22. The first-order valence-corrected chi connectivity index (χ1v) is 7.35. The number of carbonyl (C=O) groups excluding carboxylic acids is 1. The van der Waals surface area contributed by atoms with Crippen LogP contribution in [-0.4, -0.2) is 24.1 Å². The van der Waals surface area contributed by atoms with Crippen LogP contribution >= 0.6 is 0 Å². The topological polar surface area (TPSA) is 29.5 Å². The number of allylic oxidation sites excluding steroid dienone is 1. The molecular weight excluding hydrogens is 250 g/mol. The minimum Gasteiger partial charge on any atom is -0.445 e. The van der Waals surface area contributed by atoms with Crippen LogP contribution in [0.3, 0.4) is 0 Å². The van der Waals surface area contributed by atoms with E-state index in [0.717, 1.165) is 24.9 Å². The summed E-state index contributed by atoms with van der Waals surface area (Å²) >= 11 is 0. The third kappa shape index (κ3) is 3.62. The van der Waals surface area contributed by atoms with Crippen LogP contribution < -0.4 is 0 Å². The molecule has 1 saturated heterocycles. The Bertz CT molecular complexity index is 467. The van der Waals surface area contributed by atoms with Gasteiger partial charge in [-0.3, -0.25) is 0 Å². The van der Waals surface area contributed by atoms with Gasteiger partial charge in [-0.1, -0.05) is 48.9 Å². The predicted octanol–water partition coefficient (Wildman–Crippen LogP) is 4.00. The summed E-state index contributed by atoms with van der Waals surface area (Å²) < 4.78 is 5.39. The van der Waals surface area contributed by atoms with E-state index in [2.05, 4.69) is 19.9 Å². The molecule has 2 rings (SSSR count). The fourth-order valence-electron chi connectivity index (χ4n) is 2.69. The van der Waals surface area contributed by atoms with Gasteiger partial charge in [-0.25, -0.2) is 4.79 Å². The number of piperidine rings is 1. The van der Waals surface area contributed by atoms with Gasteiger partial charge in [0.1, 0.15) is 6.61 Å². The number of amides is 1. The van der Waals surface area contributed by atoms with Gasteiger partial charge in [-0.05, 0) is 31.2 Å². The summed E-state index contributed by atoms with van der Waals surface area (Å²) in [6.45, 7) is 6.11. The molecule has 0 aliphatic carbocycles. The molecule has 0 aromatic heterocycles. The molecule has 3 nitrogen and oxygen atoms in total. The summed E-state index contributed by atoms with van der Waals surface area (Å²) in [6, 6.07) is 9.79. The van der Waals surface area contributed by atoms with Crippen LogP contribution in [0.15, 0.2) is 42.0 Å². The average Bonchev–Trinajstić information content (AvgIpc) is 2.52. The molecule has 1 aromatic carbocycles. The summed E-state index contributed by atoms with van der Waals surface area (Å²) in [5.41, 5.74) is 2.38. The molecule has 0 radical (unpaired) electrons. The van der Waals surface area contributed by atoms with Crippen LogP contribution in [0.5, 0.6) is 0 Å². The quantitative estimate of drug-likeness (QED) is 0.779. The molecule has 1 amide bonds. The molecule has 0 bridgehead atoms. The monoisotopic (exact) mass is 273 g/mol. The first kappa shape index (κ1) is 14.6. The van der Waals surface area contributed by atoms with E-state index in [1.54, 1.807) is 0 Å². The molecule has 108 valence electrons. The molecular formula is C17H23NO2. The van der Waals surface area contributed by atoms with Crippen molar-refractivity contribution in [3.05, 3.63) is 47.5 Å². The van der Waals surface area contributed by atoms with E-state index in [4.69, 9.17) is 4.74 Å². The Morgan fingerprint density at radius 2 is 2.15 bits per heavy atom. The van der Waals surface area contributed by atoms with Crippen molar-refractivity contribution in [2.75, 3.05) is 13.1 Å². The van der Waals surface area contributed by atoms with Crippen LogP contribution in [0.4, 0.5) is 4.79 Å². The molecule has 1 fully saturated rings. The van der Waals surface area contributed by atoms with E-state index in [1.165, 1.54) is 5.57 Å². The lowest BCUT2D eigenvalue weighted by molar-refractivity contribution is 0.0914. The number of likely N-dealkylation sites (tertiary alicyclic amines) is 1. The van der Waals surface area contributed by atoms with Crippen molar-refractivity contribution < 1.29 is 9.53 Å². The number of rotatable bonds is 3. The first-order valence-electron chi connectivity index (χ1n) is 7.35. The lowest BCUT2D eigenvalue weighted by Gasteiger charge is -2.33. The van der Waals surface area contributed by atoms with Gasteiger partial charge in [-0.2, -0.15) is 0 Å². The molecule has 1 aromatic rings. The second kappa shape index (κ2) is 7.13. The summed E-state index contributed by atoms with van der Waals surface area (Å²) in [4.78, 5) is 13.9. The lowest BCUT2D eigenvalue weighted by atomic mass is 9.89. The highest BCUT2D eigenvalue weighted by Crippen LogP contribution is 2.26. The zero-order valence-corrected chi connectivity index (χ0v) is 12.3. The van der Waals surface area contributed by atoms with Crippen molar-refractivity contribution in [1.82, 2.24) is 4.90 Å².